The average Bonchev–Trinajstić information content (AvgIpc) is 2.41. The summed E-state index contributed by atoms with van der Waals surface area (Å²) < 4.78 is 13.4. The molecule has 1 aliphatic rings. The smallest absolute Gasteiger partial charge is 0.227 e. The van der Waals surface area contributed by atoms with Gasteiger partial charge in [-0.05, 0) is 24.5 Å². The fraction of sp³-hybridized carbons (Fsp3) is 0.462. The maximum Gasteiger partial charge on any atom is 0.227 e. The highest BCUT2D eigenvalue weighted by Gasteiger charge is 2.24. The summed E-state index contributed by atoms with van der Waals surface area (Å²) in [7, 11) is 0. The Morgan fingerprint density at radius 3 is 3.00 bits per heavy atom. The number of hydrogen-bond donors (Lipinski definition) is 1. The van der Waals surface area contributed by atoms with Crippen LogP contribution >= 0.6 is 0 Å². The zero-order valence-electron chi connectivity index (χ0n) is 10.1. The molecule has 4 nitrogen and oxygen atoms in total. The summed E-state index contributed by atoms with van der Waals surface area (Å²) >= 11 is 0. The number of piperidine rings is 1. The van der Waals surface area contributed by atoms with Crippen LogP contribution in [0.4, 0.5) is 4.39 Å². The lowest BCUT2D eigenvalue weighted by molar-refractivity contribution is -0.134. The zero-order chi connectivity index (χ0) is 13.0. The molecule has 0 spiro atoms. The summed E-state index contributed by atoms with van der Waals surface area (Å²) in [5.41, 5.74) is 0.429. The molecule has 1 atom stereocenters. The molecule has 0 aliphatic carbocycles. The molecule has 1 aliphatic heterocycles. The Balaban J connectivity index is 1.97. The van der Waals surface area contributed by atoms with Crippen LogP contribution in [0.25, 0.3) is 0 Å². The predicted octanol–water partition coefficient (Wildman–Crippen LogP) is 1.25. The molecule has 2 N–H and O–H groups in total. The highest BCUT2D eigenvalue weighted by molar-refractivity contribution is 5.79. The van der Waals surface area contributed by atoms with E-state index in [1.807, 2.05) is 0 Å². The molecule has 1 amide bonds. The third-order valence-corrected chi connectivity index (χ3v) is 3.22. The van der Waals surface area contributed by atoms with E-state index in [1.54, 1.807) is 23.1 Å². The van der Waals surface area contributed by atoms with Crippen LogP contribution in [-0.2, 0) is 16.1 Å². The van der Waals surface area contributed by atoms with E-state index < -0.39 is 0 Å². The maximum absolute atomic E-state index is 13.4. The Kier molecular flexibility index (Phi) is 4.28. The molecule has 1 aromatic rings. The van der Waals surface area contributed by atoms with Crippen molar-refractivity contribution in [3.05, 3.63) is 35.6 Å². The number of hydrogen-bond acceptors (Lipinski definition) is 3. The normalized spacial score (nSPS) is 19.9. The van der Waals surface area contributed by atoms with Gasteiger partial charge in [0.05, 0.1) is 12.5 Å². The van der Waals surface area contributed by atoms with Gasteiger partial charge in [0.25, 0.3) is 0 Å². The molecule has 0 aromatic heterocycles. The Hall–Kier alpha value is -1.46. The Morgan fingerprint density at radius 1 is 1.50 bits per heavy atom. The molecule has 1 unspecified atom stereocenters. The number of nitrogens with two attached hydrogens (primary N) is 1. The molecule has 1 heterocycles. The summed E-state index contributed by atoms with van der Waals surface area (Å²) in [5.74, 6) is 4.72. The molecule has 2 rings (SSSR count). The van der Waals surface area contributed by atoms with Gasteiger partial charge in [-0.15, -0.1) is 0 Å². The van der Waals surface area contributed by atoms with Crippen LogP contribution in [0.2, 0.25) is 0 Å². The summed E-state index contributed by atoms with van der Waals surface area (Å²) in [6.45, 7) is 1.18. The van der Waals surface area contributed by atoms with E-state index in [4.69, 9.17) is 10.7 Å². The first-order valence-corrected chi connectivity index (χ1v) is 6.07. The van der Waals surface area contributed by atoms with E-state index in [1.165, 1.54) is 6.07 Å². The van der Waals surface area contributed by atoms with Crippen molar-refractivity contribution in [2.75, 3.05) is 13.1 Å². The van der Waals surface area contributed by atoms with Gasteiger partial charge in [-0.2, -0.15) is 0 Å². The standard InChI is InChI=1S/C13H17FN2O2/c14-12-6-2-1-4-10(12)8-13(17)16-7-3-5-11(9-16)18-15/h1-2,4,6,11H,3,5,7-9,15H2. The molecule has 1 saturated heterocycles. The minimum Gasteiger partial charge on any atom is -0.340 e. The third-order valence-electron chi connectivity index (χ3n) is 3.22. The van der Waals surface area contributed by atoms with E-state index >= 15 is 0 Å². The molecule has 0 bridgehead atoms. The molecule has 0 saturated carbocycles. The Labute approximate surface area is 105 Å². The van der Waals surface area contributed by atoms with Crippen LogP contribution in [0.5, 0.6) is 0 Å². The number of nitrogens with zero attached hydrogens (tertiary/aromatic N) is 1. The fourth-order valence-electron chi connectivity index (χ4n) is 2.19. The SMILES string of the molecule is NOC1CCCN(C(=O)Cc2ccccc2F)C1. The number of rotatable bonds is 3. The third kappa shape index (κ3) is 3.05. The lowest BCUT2D eigenvalue weighted by atomic mass is 10.1. The molecular weight excluding hydrogens is 235 g/mol. The first kappa shape index (κ1) is 13.0. The number of benzene rings is 1. The van der Waals surface area contributed by atoms with Crippen LogP contribution in [-0.4, -0.2) is 30.0 Å². The lowest BCUT2D eigenvalue weighted by Crippen LogP contribution is -2.44. The van der Waals surface area contributed by atoms with Gasteiger partial charge in [-0.25, -0.2) is 10.3 Å². The number of amides is 1. The van der Waals surface area contributed by atoms with Gasteiger partial charge in [0.1, 0.15) is 5.82 Å². The van der Waals surface area contributed by atoms with E-state index in [-0.39, 0.29) is 24.2 Å². The number of carbonyl (C=O) groups is 1. The first-order valence-electron chi connectivity index (χ1n) is 6.07. The summed E-state index contributed by atoms with van der Waals surface area (Å²) in [6.07, 6.45) is 1.71. The Bertz CT molecular complexity index is 425. The highest BCUT2D eigenvalue weighted by atomic mass is 19.1. The lowest BCUT2D eigenvalue weighted by Gasteiger charge is -2.31. The van der Waals surface area contributed by atoms with Gasteiger partial charge < -0.3 is 4.90 Å². The van der Waals surface area contributed by atoms with E-state index in [0.717, 1.165) is 12.8 Å². The van der Waals surface area contributed by atoms with Crippen molar-refractivity contribution >= 4 is 5.91 Å². The van der Waals surface area contributed by atoms with E-state index in [2.05, 4.69) is 0 Å². The molecule has 1 aromatic carbocycles. The van der Waals surface area contributed by atoms with Gasteiger partial charge in [-0.3, -0.25) is 9.63 Å². The zero-order valence-corrected chi connectivity index (χ0v) is 10.1. The summed E-state index contributed by atoms with van der Waals surface area (Å²) in [6, 6.07) is 6.34. The number of carbonyl (C=O) groups excluding carboxylic acids is 1. The second kappa shape index (κ2) is 5.93. The topological polar surface area (TPSA) is 55.6 Å². The molecule has 18 heavy (non-hydrogen) atoms. The monoisotopic (exact) mass is 252 g/mol. The minimum absolute atomic E-state index is 0.0816. The number of halogens is 1. The van der Waals surface area contributed by atoms with Crippen LogP contribution in [0, 0.1) is 5.82 Å². The quantitative estimate of drug-likeness (QED) is 0.824. The molecular formula is C13H17FN2O2. The van der Waals surface area contributed by atoms with Crippen molar-refractivity contribution in [2.45, 2.75) is 25.4 Å². The second-order valence-corrected chi connectivity index (χ2v) is 4.51. The second-order valence-electron chi connectivity index (χ2n) is 4.51. The van der Waals surface area contributed by atoms with Crippen molar-refractivity contribution in [1.82, 2.24) is 4.90 Å². The Morgan fingerprint density at radius 2 is 2.28 bits per heavy atom. The molecule has 1 fully saturated rings. The van der Waals surface area contributed by atoms with Gasteiger partial charge in [0, 0.05) is 13.1 Å². The van der Waals surface area contributed by atoms with Crippen molar-refractivity contribution in [3.8, 4) is 0 Å². The minimum atomic E-state index is -0.338. The average molecular weight is 252 g/mol. The summed E-state index contributed by atoms with van der Waals surface area (Å²) in [4.78, 5) is 18.5. The van der Waals surface area contributed by atoms with Gasteiger partial charge in [0.2, 0.25) is 5.91 Å². The maximum atomic E-state index is 13.4. The van der Waals surface area contributed by atoms with Gasteiger partial charge in [0.15, 0.2) is 0 Å². The molecule has 5 heteroatoms. The van der Waals surface area contributed by atoms with Crippen molar-refractivity contribution in [3.63, 3.8) is 0 Å². The molecule has 0 radical (unpaired) electrons. The van der Waals surface area contributed by atoms with Crippen molar-refractivity contribution < 1.29 is 14.0 Å². The van der Waals surface area contributed by atoms with E-state index in [9.17, 15) is 9.18 Å². The summed E-state index contributed by atoms with van der Waals surface area (Å²) in [5, 5.41) is 0. The van der Waals surface area contributed by atoms with Gasteiger partial charge in [-0.1, -0.05) is 18.2 Å². The fourth-order valence-corrected chi connectivity index (χ4v) is 2.19. The predicted molar refractivity (Wildman–Crippen MR) is 65.0 cm³/mol. The van der Waals surface area contributed by atoms with Crippen molar-refractivity contribution in [1.29, 1.82) is 0 Å². The van der Waals surface area contributed by atoms with Crippen LogP contribution in [0.1, 0.15) is 18.4 Å². The van der Waals surface area contributed by atoms with Crippen LogP contribution < -0.4 is 5.90 Å². The van der Waals surface area contributed by atoms with Crippen molar-refractivity contribution in [2.24, 2.45) is 5.90 Å². The van der Waals surface area contributed by atoms with E-state index in [0.29, 0.717) is 18.7 Å². The largest absolute Gasteiger partial charge is 0.340 e. The highest BCUT2D eigenvalue weighted by Crippen LogP contribution is 2.14. The number of likely N-dealkylation sites (tertiary alicyclic amines) is 1. The van der Waals surface area contributed by atoms with Crippen LogP contribution in [0.3, 0.4) is 0 Å². The molecule has 98 valence electrons. The van der Waals surface area contributed by atoms with Crippen LogP contribution in [0.15, 0.2) is 24.3 Å². The first-order chi connectivity index (χ1) is 8.70. The van der Waals surface area contributed by atoms with Gasteiger partial charge >= 0.3 is 0 Å².